The number of hydrogen-bond acceptors (Lipinski definition) is 3. The van der Waals surface area contributed by atoms with Gasteiger partial charge in [-0.1, -0.05) is 12.1 Å². The van der Waals surface area contributed by atoms with Gasteiger partial charge in [-0.2, -0.15) is 18.3 Å². The van der Waals surface area contributed by atoms with Crippen LogP contribution in [0, 0.1) is 0 Å². The van der Waals surface area contributed by atoms with E-state index in [1.807, 2.05) is 31.3 Å². The summed E-state index contributed by atoms with van der Waals surface area (Å²) >= 11 is 0. The van der Waals surface area contributed by atoms with Crippen LogP contribution in [0.25, 0.3) is 5.69 Å². The smallest absolute Gasteiger partial charge is 0.316 e. The van der Waals surface area contributed by atoms with Gasteiger partial charge in [0.25, 0.3) is 0 Å². The molecular weight excluding hydrogens is 353 g/mol. The Morgan fingerprint density at radius 1 is 1.20 bits per heavy atom. The second-order valence-corrected chi connectivity index (χ2v) is 6.17. The van der Waals surface area contributed by atoms with Crippen molar-refractivity contribution in [2.75, 3.05) is 20.1 Å². The van der Waals surface area contributed by atoms with Gasteiger partial charge in [0.2, 0.25) is 0 Å². The van der Waals surface area contributed by atoms with E-state index >= 15 is 0 Å². The van der Waals surface area contributed by atoms with E-state index in [1.165, 1.54) is 23.7 Å². The van der Waals surface area contributed by atoms with Crippen molar-refractivity contribution < 1.29 is 13.2 Å². The quantitative estimate of drug-likeness (QED) is 0.889. The van der Waals surface area contributed by atoms with Crippen LogP contribution in [0.15, 0.2) is 36.5 Å². The molecule has 0 spiro atoms. The minimum atomic E-state index is -4.41. The number of halogens is 4. The van der Waals surface area contributed by atoms with Gasteiger partial charge in [-0.25, -0.2) is 4.68 Å². The summed E-state index contributed by atoms with van der Waals surface area (Å²) in [5.74, 6) is 0. The highest BCUT2D eigenvalue weighted by molar-refractivity contribution is 5.85. The molecule has 0 bridgehead atoms. The van der Waals surface area contributed by atoms with Crippen molar-refractivity contribution in [1.82, 2.24) is 20.0 Å². The first-order valence-electron chi connectivity index (χ1n) is 8.07. The monoisotopic (exact) mass is 374 g/mol. The first-order valence-corrected chi connectivity index (χ1v) is 8.07. The Kier molecular flexibility index (Phi) is 6.48. The number of hydrogen-bond donors (Lipinski definition) is 1. The summed E-state index contributed by atoms with van der Waals surface area (Å²) < 4.78 is 39.1. The van der Waals surface area contributed by atoms with E-state index in [9.17, 15) is 13.2 Å². The lowest BCUT2D eigenvalue weighted by Crippen LogP contribution is -2.43. The molecule has 3 rings (SSSR count). The predicted octanol–water partition coefficient (Wildman–Crippen LogP) is 3.50. The van der Waals surface area contributed by atoms with E-state index in [2.05, 4.69) is 15.3 Å². The van der Waals surface area contributed by atoms with E-state index in [4.69, 9.17) is 0 Å². The maximum Gasteiger partial charge on any atom is 0.435 e. The molecule has 1 aliphatic heterocycles. The van der Waals surface area contributed by atoms with Crippen molar-refractivity contribution in [2.45, 2.75) is 31.6 Å². The molecule has 1 aromatic heterocycles. The van der Waals surface area contributed by atoms with Crippen LogP contribution in [0.3, 0.4) is 0 Å². The fraction of sp³-hybridized carbons (Fsp3) is 0.471. The molecule has 1 saturated heterocycles. The average Bonchev–Trinajstić information content (AvgIpc) is 3.06. The Bertz CT molecular complexity index is 669. The SMILES string of the molecule is CNC1CCCN(Cc2ccc(-n3ccc(C(F)(F)F)n3)cc2)C1.Cl. The second kappa shape index (κ2) is 8.21. The molecule has 2 aromatic rings. The summed E-state index contributed by atoms with van der Waals surface area (Å²) in [5, 5.41) is 6.91. The molecule has 0 aliphatic carbocycles. The fourth-order valence-corrected chi connectivity index (χ4v) is 3.07. The molecule has 138 valence electrons. The number of likely N-dealkylation sites (N-methyl/N-ethyl adjacent to an activating group) is 1. The number of nitrogens with one attached hydrogen (secondary N) is 1. The van der Waals surface area contributed by atoms with Gasteiger partial charge >= 0.3 is 6.18 Å². The number of aromatic nitrogens is 2. The van der Waals surface area contributed by atoms with Gasteiger partial charge in [0.15, 0.2) is 5.69 Å². The van der Waals surface area contributed by atoms with Gasteiger partial charge in [0.05, 0.1) is 5.69 Å². The van der Waals surface area contributed by atoms with E-state index in [0.717, 1.165) is 31.3 Å². The summed E-state index contributed by atoms with van der Waals surface area (Å²) in [6, 6.07) is 9.03. The maximum absolute atomic E-state index is 12.6. The zero-order chi connectivity index (χ0) is 17.2. The van der Waals surface area contributed by atoms with Gasteiger partial charge in [-0.15, -0.1) is 12.4 Å². The highest BCUT2D eigenvalue weighted by Gasteiger charge is 2.33. The van der Waals surface area contributed by atoms with Gasteiger partial charge in [-0.3, -0.25) is 4.90 Å². The fourth-order valence-electron chi connectivity index (χ4n) is 3.07. The Morgan fingerprint density at radius 2 is 1.92 bits per heavy atom. The van der Waals surface area contributed by atoms with Gasteiger partial charge in [0, 0.05) is 25.3 Å². The number of likely N-dealkylation sites (tertiary alicyclic amines) is 1. The van der Waals surface area contributed by atoms with Crippen LogP contribution in [-0.4, -0.2) is 40.9 Å². The molecule has 1 fully saturated rings. The van der Waals surface area contributed by atoms with Crippen molar-refractivity contribution in [3.63, 3.8) is 0 Å². The average molecular weight is 375 g/mol. The summed E-state index contributed by atoms with van der Waals surface area (Å²) in [6.07, 6.45) is -0.701. The molecular formula is C17H22ClF3N4. The molecule has 0 radical (unpaired) electrons. The van der Waals surface area contributed by atoms with Crippen LogP contribution in [0.5, 0.6) is 0 Å². The number of benzene rings is 1. The standard InChI is InChI=1S/C17H21F3N4.ClH/c1-21-14-3-2-9-23(12-14)11-13-4-6-15(7-5-13)24-10-8-16(22-24)17(18,19)20;/h4-8,10,14,21H,2-3,9,11-12H2,1H3;1H. The summed E-state index contributed by atoms with van der Waals surface area (Å²) in [6.45, 7) is 2.95. The molecule has 4 nitrogen and oxygen atoms in total. The Labute approximate surface area is 151 Å². The Hall–Kier alpha value is -1.57. The topological polar surface area (TPSA) is 33.1 Å². The van der Waals surface area contributed by atoms with E-state index in [1.54, 1.807) is 0 Å². The lowest BCUT2D eigenvalue weighted by Gasteiger charge is -2.32. The summed E-state index contributed by atoms with van der Waals surface area (Å²) in [4.78, 5) is 2.40. The molecule has 0 saturated carbocycles. The predicted molar refractivity (Wildman–Crippen MR) is 93.2 cm³/mol. The molecule has 1 aliphatic rings. The van der Waals surface area contributed by atoms with Crippen molar-refractivity contribution in [1.29, 1.82) is 0 Å². The molecule has 1 unspecified atom stereocenters. The molecule has 8 heteroatoms. The van der Waals surface area contributed by atoms with E-state index < -0.39 is 11.9 Å². The Balaban J connectivity index is 0.00000225. The number of nitrogens with zero attached hydrogens (tertiary/aromatic N) is 3. The van der Waals surface area contributed by atoms with Crippen LogP contribution in [0.1, 0.15) is 24.1 Å². The summed E-state index contributed by atoms with van der Waals surface area (Å²) in [5.41, 5.74) is 0.901. The number of piperidine rings is 1. The van der Waals surface area contributed by atoms with Gasteiger partial charge in [-0.05, 0) is 50.2 Å². The summed E-state index contributed by atoms with van der Waals surface area (Å²) in [7, 11) is 1.99. The normalized spacial score (nSPS) is 18.8. The van der Waals surface area contributed by atoms with Gasteiger partial charge in [0.1, 0.15) is 0 Å². The lowest BCUT2D eigenvalue weighted by atomic mass is 10.0. The van der Waals surface area contributed by atoms with E-state index in [0.29, 0.717) is 11.7 Å². The van der Waals surface area contributed by atoms with Crippen molar-refractivity contribution in [3.8, 4) is 5.69 Å². The third-order valence-corrected chi connectivity index (χ3v) is 4.40. The largest absolute Gasteiger partial charge is 0.435 e. The van der Waals surface area contributed by atoms with Gasteiger partial charge < -0.3 is 5.32 Å². The molecule has 1 atom stereocenters. The first kappa shape index (κ1) is 19.8. The minimum absolute atomic E-state index is 0. The first-order chi connectivity index (χ1) is 11.5. The highest BCUT2D eigenvalue weighted by atomic mass is 35.5. The van der Waals surface area contributed by atoms with E-state index in [-0.39, 0.29) is 12.4 Å². The molecule has 0 amide bonds. The second-order valence-electron chi connectivity index (χ2n) is 6.17. The lowest BCUT2D eigenvalue weighted by molar-refractivity contribution is -0.141. The van der Waals surface area contributed by atoms with Crippen molar-refractivity contribution >= 4 is 12.4 Å². The van der Waals surface area contributed by atoms with Crippen LogP contribution < -0.4 is 5.32 Å². The van der Waals surface area contributed by atoms with Crippen molar-refractivity contribution in [3.05, 3.63) is 47.8 Å². The molecule has 1 aromatic carbocycles. The van der Waals surface area contributed by atoms with Crippen LogP contribution in [-0.2, 0) is 12.7 Å². The van der Waals surface area contributed by atoms with Crippen LogP contribution in [0.4, 0.5) is 13.2 Å². The number of alkyl halides is 3. The van der Waals surface area contributed by atoms with Crippen molar-refractivity contribution in [2.24, 2.45) is 0 Å². The Morgan fingerprint density at radius 3 is 2.52 bits per heavy atom. The third kappa shape index (κ3) is 4.96. The number of rotatable bonds is 4. The molecule has 1 N–H and O–H groups in total. The zero-order valence-electron chi connectivity index (χ0n) is 14.0. The molecule has 2 heterocycles. The van der Waals surface area contributed by atoms with Crippen LogP contribution in [0.2, 0.25) is 0 Å². The molecule has 25 heavy (non-hydrogen) atoms. The third-order valence-electron chi connectivity index (χ3n) is 4.40. The minimum Gasteiger partial charge on any atom is -0.316 e. The highest BCUT2D eigenvalue weighted by Crippen LogP contribution is 2.28. The maximum atomic E-state index is 12.6. The zero-order valence-corrected chi connectivity index (χ0v) is 14.8. The van der Waals surface area contributed by atoms with Crippen LogP contribution >= 0.6 is 12.4 Å².